The van der Waals surface area contributed by atoms with E-state index in [0.29, 0.717) is 23.5 Å². The van der Waals surface area contributed by atoms with Gasteiger partial charge in [0.2, 0.25) is 0 Å². The van der Waals surface area contributed by atoms with Gasteiger partial charge in [-0.15, -0.1) is 0 Å². The average Bonchev–Trinajstić information content (AvgIpc) is 2.49. The monoisotopic (exact) mass is 297 g/mol. The van der Waals surface area contributed by atoms with Crippen LogP contribution in [0.15, 0.2) is 42.5 Å². The third-order valence-corrected chi connectivity index (χ3v) is 3.70. The molecule has 3 rings (SSSR count). The smallest absolute Gasteiger partial charge is 0.265 e. The highest BCUT2D eigenvalue weighted by Crippen LogP contribution is 2.32. The van der Waals surface area contributed by atoms with Crippen molar-refractivity contribution in [3.05, 3.63) is 48.0 Å². The van der Waals surface area contributed by atoms with Crippen LogP contribution in [0, 0.1) is 0 Å². The molecule has 2 aromatic carbocycles. The zero-order chi connectivity index (χ0) is 15.7. The summed E-state index contributed by atoms with van der Waals surface area (Å²) in [6.45, 7) is 0. The summed E-state index contributed by atoms with van der Waals surface area (Å²) in [6, 6.07) is 13.3. The first-order valence-electron chi connectivity index (χ1n) is 7.16. The molecule has 0 aliphatic carbocycles. The molecule has 2 aromatic rings. The average molecular weight is 297 g/mol. The number of benzene rings is 2. The van der Waals surface area contributed by atoms with Gasteiger partial charge in [0.15, 0.2) is 6.10 Å². The highest BCUT2D eigenvalue weighted by atomic mass is 16.5. The molecular formula is C17H19N3O2. The van der Waals surface area contributed by atoms with Crippen molar-refractivity contribution >= 4 is 23.0 Å². The molecule has 1 amide bonds. The molecule has 1 unspecified atom stereocenters. The summed E-state index contributed by atoms with van der Waals surface area (Å²) < 4.78 is 5.80. The summed E-state index contributed by atoms with van der Waals surface area (Å²) in [6.07, 6.45) is -0.0205. The number of hydrogen-bond acceptors (Lipinski definition) is 4. The van der Waals surface area contributed by atoms with Gasteiger partial charge in [-0.05, 0) is 29.8 Å². The molecule has 3 N–H and O–H groups in total. The van der Waals surface area contributed by atoms with Gasteiger partial charge < -0.3 is 20.7 Å². The van der Waals surface area contributed by atoms with Crippen molar-refractivity contribution in [1.82, 2.24) is 0 Å². The topological polar surface area (TPSA) is 67.6 Å². The lowest BCUT2D eigenvalue weighted by atomic mass is 10.1. The van der Waals surface area contributed by atoms with Gasteiger partial charge in [-0.2, -0.15) is 0 Å². The molecule has 0 saturated carbocycles. The first-order valence-corrected chi connectivity index (χ1v) is 7.16. The Labute approximate surface area is 129 Å². The molecule has 5 heteroatoms. The minimum absolute atomic E-state index is 0.131. The fraction of sp³-hybridized carbons (Fsp3) is 0.235. The lowest BCUT2D eigenvalue weighted by molar-refractivity contribution is -0.123. The van der Waals surface area contributed by atoms with Crippen LogP contribution < -0.4 is 20.7 Å². The molecular weight excluding hydrogens is 278 g/mol. The summed E-state index contributed by atoms with van der Waals surface area (Å²) in [5.41, 5.74) is 9.22. The number of amides is 1. The van der Waals surface area contributed by atoms with Crippen LogP contribution in [0.25, 0.3) is 0 Å². The zero-order valence-electron chi connectivity index (χ0n) is 12.7. The van der Waals surface area contributed by atoms with Crippen molar-refractivity contribution in [3.63, 3.8) is 0 Å². The van der Waals surface area contributed by atoms with Gasteiger partial charge in [0.05, 0.1) is 5.69 Å². The molecule has 5 nitrogen and oxygen atoms in total. The van der Waals surface area contributed by atoms with Gasteiger partial charge in [0, 0.05) is 38.0 Å². The van der Waals surface area contributed by atoms with Gasteiger partial charge in [-0.3, -0.25) is 4.79 Å². The van der Waals surface area contributed by atoms with Crippen molar-refractivity contribution < 1.29 is 9.53 Å². The zero-order valence-corrected chi connectivity index (χ0v) is 12.7. The number of nitrogens with one attached hydrogen (secondary N) is 1. The van der Waals surface area contributed by atoms with Crippen molar-refractivity contribution in [2.75, 3.05) is 30.0 Å². The Morgan fingerprint density at radius 3 is 2.59 bits per heavy atom. The Balaban J connectivity index is 1.76. The normalized spacial score (nSPS) is 16.5. The number of ether oxygens (including phenoxy) is 1. The summed E-state index contributed by atoms with van der Waals surface area (Å²) in [4.78, 5) is 14.2. The maximum atomic E-state index is 12.1. The SMILES string of the molecule is CN(C)c1ccc(CC2Oc3cc(N)ccc3NC2=O)cc1. The summed E-state index contributed by atoms with van der Waals surface area (Å²) >= 11 is 0. The van der Waals surface area contributed by atoms with E-state index in [1.807, 2.05) is 43.3 Å². The second-order valence-corrected chi connectivity index (χ2v) is 5.62. The minimum atomic E-state index is -0.542. The van der Waals surface area contributed by atoms with Crippen molar-refractivity contribution in [1.29, 1.82) is 0 Å². The van der Waals surface area contributed by atoms with Crippen LogP contribution >= 0.6 is 0 Å². The third kappa shape index (κ3) is 2.83. The lowest BCUT2D eigenvalue weighted by Crippen LogP contribution is -2.38. The molecule has 22 heavy (non-hydrogen) atoms. The highest BCUT2D eigenvalue weighted by Gasteiger charge is 2.27. The number of anilines is 3. The van der Waals surface area contributed by atoms with Crippen molar-refractivity contribution in [3.8, 4) is 5.75 Å². The molecule has 1 aliphatic heterocycles. The highest BCUT2D eigenvalue weighted by molar-refractivity contribution is 5.98. The quantitative estimate of drug-likeness (QED) is 0.853. The van der Waals surface area contributed by atoms with Crippen LogP contribution in [0.1, 0.15) is 5.56 Å². The Morgan fingerprint density at radius 2 is 1.91 bits per heavy atom. The summed E-state index contributed by atoms with van der Waals surface area (Å²) in [5.74, 6) is 0.489. The van der Waals surface area contributed by atoms with Crippen LogP contribution in [0.4, 0.5) is 17.1 Å². The number of nitrogen functional groups attached to an aromatic ring is 1. The van der Waals surface area contributed by atoms with Crippen LogP contribution in [0.3, 0.4) is 0 Å². The molecule has 1 aliphatic rings. The molecule has 0 aromatic heterocycles. The van der Waals surface area contributed by atoms with Crippen LogP contribution in [-0.4, -0.2) is 26.1 Å². The molecule has 1 atom stereocenters. The minimum Gasteiger partial charge on any atom is -0.478 e. The maximum absolute atomic E-state index is 12.1. The molecule has 0 spiro atoms. The number of carbonyl (C=O) groups excluding carboxylic acids is 1. The van der Waals surface area contributed by atoms with Gasteiger partial charge >= 0.3 is 0 Å². The largest absolute Gasteiger partial charge is 0.478 e. The number of nitrogens with two attached hydrogens (primary N) is 1. The molecule has 0 saturated heterocycles. The van der Waals surface area contributed by atoms with E-state index in [0.717, 1.165) is 11.3 Å². The van der Waals surface area contributed by atoms with E-state index in [1.165, 1.54) is 0 Å². The number of hydrogen-bond donors (Lipinski definition) is 2. The predicted molar refractivity (Wildman–Crippen MR) is 88.4 cm³/mol. The number of carbonyl (C=O) groups is 1. The molecule has 114 valence electrons. The lowest BCUT2D eigenvalue weighted by Gasteiger charge is -2.26. The van der Waals surface area contributed by atoms with Crippen LogP contribution in [-0.2, 0) is 11.2 Å². The van der Waals surface area contributed by atoms with Gasteiger partial charge in [0.25, 0.3) is 5.91 Å². The Hall–Kier alpha value is -2.69. The first-order chi connectivity index (χ1) is 10.5. The fourth-order valence-corrected chi connectivity index (χ4v) is 2.44. The van der Waals surface area contributed by atoms with E-state index in [-0.39, 0.29) is 5.91 Å². The van der Waals surface area contributed by atoms with Gasteiger partial charge in [-0.1, -0.05) is 12.1 Å². The Kier molecular flexibility index (Phi) is 3.63. The van der Waals surface area contributed by atoms with E-state index in [9.17, 15) is 4.79 Å². The Morgan fingerprint density at radius 1 is 1.18 bits per heavy atom. The van der Waals surface area contributed by atoms with E-state index in [2.05, 4.69) is 5.32 Å². The van der Waals surface area contributed by atoms with E-state index in [4.69, 9.17) is 10.5 Å². The third-order valence-electron chi connectivity index (χ3n) is 3.70. The number of rotatable bonds is 3. The molecule has 1 heterocycles. The van der Waals surface area contributed by atoms with Crippen LogP contribution in [0.5, 0.6) is 5.75 Å². The second-order valence-electron chi connectivity index (χ2n) is 5.62. The summed E-state index contributed by atoms with van der Waals surface area (Å²) in [7, 11) is 3.99. The molecule has 0 radical (unpaired) electrons. The molecule has 0 bridgehead atoms. The molecule has 0 fully saturated rings. The van der Waals surface area contributed by atoms with Gasteiger partial charge in [0.1, 0.15) is 5.75 Å². The van der Waals surface area contributed by atoms with E-state index < -0.39 is 6.10 Å². The van der Waals surface area contributed by atoms with Gasteiger partial charge in [-0.25, -0.2) is 0 Å². The Bertz CT molecular complexity index is 696. The van der Waals surface area contributed by atoms with E-state index >= 15 is 0 Å². The standard InChI is InChI=1S/C17H19N3O2/c1-20(2)13-6-3-11(4-7-13)9-16-17(21)19-14-8-5-12(18)10-15(14)22-16/h3-8,10,16H,9,18H2,1-2H3,(H,19,21). The number of fused-ring (bicyclic) bond motifs is 1. The maximum Gasteiger partial charge on any atom is 0.265 e. The van der Waals surface area contributed by atoms with E-state index in [1.54, 1.807) is 18.2 Å². The van der Waals surface area contributed by atoms with Crippen LogP contribution in [0.2, 0.25) is 0 Å². The number of nitrogens with zero attached hydrogens (tertiary/aromatic N) is 1. The second kappa shape index (κ2) is 5.60. The predicted octanol–water partition coefficient (Wildman–Crippen LogP) is 2.28. The first kappa shape index (κ1) is 14.3. The van der Waals surface area contributed by atoms with Crippen molar-refractivity contribution in [2.45, 2.75) is 12.5 Å². The summed E-state index contributed by atoms with van der Waals surface area (Å²) in [5, 5.41) is 2.86. The fourth-order valence-electron chi connectivity index (χ4n) is 2.44. The van der Waals surface area contributed by atoms with Crippen molar-refractivity contribution in [2.24, 2.45) is 0 Å².